The number of aliphatic hydroxyl groups excluding tert-OH is 1. The number of carbonyl (C=O) groups is 4. The zero-order valence-electron chi connectivity index (χ0n) is 60.7. The monoisotopic (exact) mass is 1370 g/mol. The molecule has 0 saturated carbocycles. The molecule has 0 aromatic heterocycles. The van der Waals surface area contributed by atoms with Crippen LogP contribution in [0.1, 0.15) is 376 Å². The predicted molar refractivity (Wildman–Crippen MR) is 377 cm³/mol. The molecule has 2 unspecified atom stereocenters. The van der Waals surface area contributed by atoms with Gasteiger partial charge < -0.3 is 33.8 Å². The Balaban J connectivity index is 5.12. The van der Waals surface area contributed by atoms with E-state index in [0.29, 0.717) is 31.6 Å². The molecule has 5 atom stereocenters. The van der Waals surface area contributed by atoms with Crippen molar-refractivity contribution in [2.45, 2.75) is 394 Å². The third-order valence-electron chi connectivity index (χ3n) is 17.1. The maximum Gasteiger partial charge on any atom is 0.472 e. The molecule has 0 heterocycles. The molecule has 0 saturated heterocycles. The summed E-state index contributed by atoms with van der Waals surface area (Å²) in [6, 6.07) is 0. The molecule has 0 aliphatic rings. The fraction of sp³-hybridized carbons (Fsp3) is 0.946. The number of ether oxygens (including phenoxy) is 4. The minimum absolute atomic E-state index is 0.102. The molecule has 0 aromatic rings. The van der Waals surface area contributed by atoms with Crippen molar-refractivity contribution < 1.29 is 80.2 Å². The van der Waals surface area contributed by atoms with E-state index in [9.17, 15) is 43.2 Å². The van der Waals surface area contributed by atoms with Crippen LogP contribution in [0.2, 0.25) is 0 Å². The summed E-state index contributed by atoms with van der Waals surface area (Å²) in [4.78, 5) is 72.4. The number of unbranched alkanes of at least 4 members (excludes halogenated alkanes) is 40. The normalized spacial score (nSPS) is 14.1. The zero-order valence-corrected chi connectivity index (χ0v) is 62.5. The Morgan fingerprint density at radius 2 is 0.495 bits per heavy atom. The molecule has 0 radical (unpaired) electrons. The topological polar surface area (TPSA) is 237 Å². The number of rotatable bonds is 72. The molecule has 0 aliphatic heterocycles. The summed E-state index contributed by atoms with van der Waals surface area (Å²) in [5.41, 5.74) is 0. The Labute approximate surface area is 568 Å². The van der Waals surface area contributed by atoms with E-state index in [1.165, 1.54) is 180 Å². The number of carbonyl (C=O) groups excluding carboxylic acids is 4. The smallest absolute Gasteiger partial charge is 0.462 e. The van der Waals surface area contributed by atoms with Gasteiger partial charge >= 0.3 is 39.5 Å². The van der Waals surface area contributed by atoms with Gasteiger partial charge in [0.25, 0.3) is 0 Å². The van der Waals surface area contributed by atoms with Gasteiger partial charge in [0, 0.05) is 25.7 Å². The molecule has 0 bridgehead atoms. The first kappa shape index (κ1) is 91.1. The molecule has 0 rings (SSSR count). The van der Waals surface area contributed by atoms with E-state index in [1.807, 2.05) is 0 Å². The largest absolute Gasteiger partial charge is 0.472 e. The van der Waals surface area contributed by atoms with Crippen LogP contribution in [-0.4, -0.2) is 96.7 Å². The maximum atomic E-state index is 13.1. The number of hydrogen-bond acceptors (Lipinski definition) is 15. The number of phosphoric acid groups is 2. The highest BCUT2D eigenvalue weighted by molar-refractivity contribution is 7.47. The summed E-state index contributed by atoms with van der Waals surface area (Å²) >= 11 is 0. The van der Waals surface area contributed by atoms with Crippen LogP contribution in [0.3, 0.4) is 0 Å². The van der Waals surface area contributed by atoms with Crippen LogP contribution < -0.4 is 0 Å². The van der Waals surface area contributed by atoms with Gasteiger partial charge in [-0.2, -0.15) is 0 Å². The van der Waals surface area contributed by atoms with E-state index in [0.717, 1.165) is 108 Å². The van der Waals surface area contributed by atoms with Crippen LogP contribution in [0.15, 0.2) is 0 Å². The van der Waals surface area contributed by atoms with E-state index in [2.05, 4.69) is 48.5 Å². The average Bonchev–Trinajstić information content (AvgIpc) is 2.15. The van der Waals surface area contributed by atoms with Crippen molar-refractivity contribution in [3.63, 3.8) is 0 Å². The van der Waals surface area contributed by atoms with Gasteiger partial charge in [0.05, 0.1) is 26.4 Å². The lowest BCUT2D eigenvalue weighted by Gasteiger charge is -2.21. The molecular weight excluding hydrogens is 1220 g/mol. The minimum atomic E-state index is -4.95. The number of esters is 4. The SMILES string of the molecule is CCCCCCCC(=O)OC[C@H](COP(=O)(O)OC[C@H](O)COP(=O)(O)OC[C@@H](COC(=O)CCCCCCCCCCCCCCCCCCC(C)C)OC(=O)CCCCCCCCCCCCCCCCCCC(C)C)OC(=O)CCCCCCCCCC(C)C. The summed E-state index contributed by atoms with van der Waals surface area (Å²) in [7, 11) is -9.90. The van der Waals surface area contributed by atoms with Crippen molar-refractivity contribution in [1.29, 1.82) is 0 Å². The van der Waals surface area contributed by atoms with Crippen molar-refractivity contribution in [3.8, 4) is 0 Å². The Kier molecular flexibility index (Phi) is 63.4. The number of hydrogen-bond donors (Lipinski definition) is 3. The van der Waals surface area contributed by atoms with E-state index in [1.54, 1.807) is 0 Å². The molecule has 0 fully saturated rings. The van der Waals surface area contributed by atoms with Gasteiger partial charge in [-0.05, 0) is 43.4 Å². The van der Waals surface area contributed by atoms with Crippen molar-refractivity contribution >= 4 is 39.5 Å². The van der Waals surface area contributed by atoms with E-state index >= 15 is 0 Å². The van der Waals surface area contributed by atoms with Gasteiger partial charge in [0.15, 0.2) is 12.2 Å². The highest BCUT2D eigenvalue weighted by Crippen LogP contribution is 2.45. The zero-order chi connectivity index (χ0) is 68.7. The molecule has 552 valence electrons. The van der Waals surface area contributed by atoms with Crippen LogP contribution in [0.4, 0.5) is 0 Å². The molecule has 17 nitrogen and oxygen atoms in total. The Hall–Kier alpha value is -1.94. The van der Waals surface area contributed by atoms with Gasteiger partial charge in [-0.3, -0.25) is 37.3 Å². The Morgan fingerprint density at radius 3 is 0.731 bits per heavy atom. The van der Waals surface area contributed by atoms with Crippen molar-refractivity contribution in [2.75, 3.05) is 39.6 Å². The first-order valence-electron chi connectivity index (χ1n) is 38.3. The summed E-state index contributed by atoms with van der Waals surface area (Å²) in [5, 5.41) is 10.6. The van der Waals surface area contributed by atoms with Gasteiger partial charge in [0.2, 0.25) is 0 Å². The van der Waals surface area contributed by atoms with Gasteiger partial charge in [-0.15, -0.1) is 0 Å². The van der Waals surface area contributed by atoms with Crippen LogP contribution in [0.5, 0.6) is 0 Å². The van der Waals surface area contributed by atoms with E-state index in [-0.39, 0.29) is 25.7 Å². The van der Waals surface area contributed by atoms with Gasteiger partial charge in [-0.1, -0.05) is 325 Å². The van der Waals surface area contributed by atoms with Crippen molar-refractivity contribution in [2.24, 2.45) is 17.8 Å². The summed E-state index contributed by atoms with van der Waals surface area (Å²) in [6.07, 6.45) is 50.6. The predicted octanol–water partition coefficient (Wildman–Crippen LogP) is 21.4. The second-order valence-corrected chi connectivity index (χ2v) is 31.0. The number of phosphoric ester groups is 2. The molecule has 0 amide bonds. The first-order valence-corrected chi connectivity index (χ1v) is 41.3. The van der Waals surface area contributed by atoms with E-state index < -0.39 is 97.5 Å². The van der Waals surface area contributed by atoms with Crippen LogP contribution >= 0.6 is 15.6 Å². The molecular formula is C74H144O17P2. The Bertz CT molecular complexity index is 1820. The minimum Gasteiger partial charge on any atom is -0.462 e. The second-order valence-electron chi connectivity index (χ2n) is 28.1. The summed E-state index contributed by atoms with van der Waals surface area (Å²) in [5.74, 6) is 0.183. The third-order valence-corrected chi connectivity index (χ3v) is 19.0. The Morgan fingerprint density at radius 1 is 0.290 bits per heavy atom. The highest BCUT2D eigenvalue weighted by atomic mass is 31.2. The molecule has 0 aromatic carbocycles. The lowest BCUT2D eigenvalue weighted by atomic mass is 10.0. The quantitative estimate of drug-likeness (QED) is 0.0222. The standard InChI is InChI=1S/C74H144O17P2/c1-8-9-10-38-48-55-71(76)84-61-69(90-74(79)58-51-44-37-31-34-41-47-54-67(6)7)63-88-92(80,81)86-59-68(75)60-87-93(82,83)89-64-70(91-73(78)57-50-43-36-30-26-22-18-14-12-16-20-24-28-33-40-46-53-66(4)5)62-85-72(77)56-49-42-35-29-25-21-17-13-11-15-19-23-27-32-39-45-52-65(2)3/h65-70,75H,8-64H2,1-7H3,(H,80,81)(H,82,83)/t68-,69+,70+/m0/s1. The first-order chi connectivity index (χ1) is 44.7. The lowest BCUT2D eigenvalue weighted by Crippen LogP contribution is -2.30. The molecule has 93 heavy (non-hydrogen) atoms. The van der Waals surface area contributed by atoms with Crippen LogP contribution in [0, 0.1) is 17.8 Å². The molecule has 0 aliphatic carbocycles. The lowest BCUT2D eigenvalue weighted by molar-refractivity contribution is -0.161. The van der Waals surface area contributed by atoms with Crippen LogP contribution in [0.25, 0.3) is 0 Å². The fourth-order valence-electron chi connectivity index (χ4n) is 11.2. The van der Waals surface area contributed by atoms with Gasteiger partial charge in [0.1, 0.15) is 19.3 Å². The third kappa shape index (κ3) is 68.4. The van der Waals surface area contributed by atoms with E-state index in [4.69, 9.17) is 37.0 Å². The van der Waals surface area contributed by atoms with Gasteiger partial charge in [-0.25, -0.2) is 9.13 Å². The molecule has 19 heteroatoms. The highest BCUT2D eigenvalue weighted by Gasteiger charge is 2.30. The molecule has 0 spiro atoms. The number of aliphatic hydroxyl groups is 1. The fourth-order valence-corrected chi connectivity index (χ4v) is 12.8. The van der Waals surface area contributed by atoms with Crippen molar-refractivity contribution in [1.82, 2.24) is 0 Å². The summed E-state index contributed by atoms with van der Waals surface area (Å²) < 4.78 is 68.2. The summed E-state index contributed by atoms with van der Waals surface area (Å²) in [6.45, 7) is 11.8. The van der Waals surface area contributed by atoms with Crippen LogP contribution in [-0.2, 0) is 65.4 Å². The second kappa shape index (κ2) is 64.7. The average molecular weight is 1370 g/mol. The molecule has 3 N–H and O–H groups in total. The van der Waals surface area contributed by atoms with Crippen molar-refractivity contribution in [3.05, 3.63) is 0 Å². The maximum absolute atomic E-state index is 13.1.